The average Bonchev–Trinajstić information content (AvgIpc) is 2.59. The Morgan fingerprint density at radius 1 is 1.03 bits per heavy atom. The Morgan fingerprint density at radius 2 is 1.72 bits per heavy atom. The van der Waals surface area contributed by atoms with Crippen LogP contribution in [0.15, 0.2) is 36.4 Å². The highest BCUT2D eigenvalue weighted by atomic mass is 19.4. The number of alkyl halides is 3. The van der Waals surface area contributed by atoms with Gasteiger partial charge < -0.3 is 15.4 Å². The van der Waals surface area contributed by atoms with Crippen molar-refractivity contribution in [3.05, 3.63) is 58.9 Å². The number of rotatable bonds is 6. The van der Waals surface area contributed by atoms with Gasteiger partial charge in [-0.2, -0.15) is 0 Å². The summed E-state index contributed by atoms with van der Waals surface area (Å²) in [4.78, 5) is 28.9. The van der Waals surface area contributed by atoms with Crippen molar-refractivity contribution in [3.63, 3.8) is 0 Å². The molecule has 0 fully saturated rings. The van der Waals surface area contributed by atoms with Crippen LogP contribution in [-0.2, 0) is 0 Å². The van der Waals surface area contributed by atoms with Gasteiger partial charge in [-0.05, 0) is 57.5 Å². The molecule has 6 nitrogen and oxygen atoms in total. The van der Waals surface area contributed by atoms with Gasteiger partial charge in [0.1, 0.15) is 11.4 Å². The predicted molar refractivity (Wildman–Crippen MR) is 101 cm³/mol. The first kappa shape index (κ1) is 22.2. The number of aryl methyl sites for hydroxylation is 1. The molecule has 1 atom stereocenters. The minimum absolute atomic E-state index is 0.0895. The van der Waals surface area contributed by atoms with E-state index in [0.717, 1.165) is 0 Å². The monoisotopic (exact) mass is 409 g/mol. The van der Waals surface area contributed by atoms with Gasteiger partial charge in [0, 0.05) is 17.3 Å². The summed E-state index contributed by atoms with van der Waals surface area (Å²) in [5, 5.41) is 5.41. The number of carbonyl (C=O) groups excluding carboxylic acids is 2. The van der Waals surface area contributed by atoms with Gasteiger partial charge in [-0.15, -0.1) is 13.2 Å². The summed E-state index contributed by atoms with van der Waals surface area (Å²) < 4.78 is 41.1. The largest absolute Gasteiger partial charge is 0.573 e. The van der Waals surface area contributed by atoms with Crippen LogP contribution in [0.2, 0.25) is 0 Å². The molecule has 0 aliphatic heterocycles. The van der Waals surface area contributed by atoms with E-state index in [9.17, 15) is 22.8 Å². The Hall–Kier alpha value is -3.10. The Balaban J connectivity index is 2.17. The molecule has 2 amide bonds. The number of hydrogen-bond acceptors (Lipinski definition) is 4. The third-order valence-corrected chi connectivity index (χ3v) is 3.81. The molecule has 2 rings (SSSR count). The molecular formula is C20H22F3N3O3. The van der Waals surface area contributed by atoms with Gasteiger partial charge in [0.05, 0.1) is 6.04 Å². The summed E-state index contributed by atoms with van der Waals surface area (Å²) in [5.74, 6) is -1.25. The molecule has 1 aromatic carbocycles. The van der Waals surface area contributed by atoms with Crippen LogP contribution in [0.1, 0.15) is 58.9 Å². The van der Waals surface area contributed by atoms with Crippen LogP contribution >= 0.6 is 0 Å². The van der Waals surface area contributed by atoms with E-state index in [0.29, 0.717) is 11.3 Å². The third kappa shape index (κ3) is 6.78. The van der Waals surface area contributed by atoms with E-state index in [1.807, 2.05) is 0 Å². The number of nitrogens with zero attached hydrogens (tertiary/aromatic N) is 1. The molecule has 1 heterocycles. The first-order chi connectivity index (χ1) is 13.4. The molecule has 2 N–H and O–H groups in total. The highest BCUT2D eigenvalue weighted by Crippen LogP contribution is 2.25. The highest BCUT2D eigenvalue weighted by molar-refractivity contribution is 5.98. The number of ether oxygens (including phenoxy) is 1. The van der Waals surface area contributed by atoms with Gasteiger partial charge in [-0.3, -0.25) is 9.59 Å². The van der Waals surface area contributed by atoms with Crippen molar-refractivity contribution in [3.8, 4) is 5.75 Å². The fourth-order valence-electron chi connectivity index (χ4n) is 2.60. The zero-order chi connectivity index (χ0) is 21.8. The van der Waals surface area contributed by atoms with Gasteiger partial charge in [0.25, 0.3) is 11.8 Å². The van der Waals surface area contributed by atoms with Gasteiger partial charge >= 0.3 is 6.36 Å². The maximum atomic E-state index is 12.6. The lowest BCUT2D eigenvalue weighted by Crippen LogP contribution is -2.32. The molecule has 0 spiro atoms. The van der Waals surface area contributed by atoms with Crippen molar-refractivity contribution < 1.29 is 27.5 Å². The molecule has 156 valence electrons. The Kier molecular flexibility index (Phi) is 6.84. The molecule has 0 aliphatic rings. The second-order valence-electron chi connectivity index (χ2n) is 6.83. The lowest BCUT2D eigenvalue weighted by Gasteiger charge is -2.17. The number of amides is 2. The Morgan fingerprint density at radius 3 is 2.34 bits per heavy atom. The van der Waals surface area contributed by atoms with Crippen molar-refractivity contribution in [2.75, 3.05) is 0 Å². The summed E-state index contributed by atoms with van der Waals surface area (Å²) >= 11 is 0. The van der Waals surface area contributed by atoms with Crippen molar-refractivity contribution in [2.45, 2.75) is 46.1 Å². The van der Waals surface area contributed by atoms with E-state index in [-0.39, 0.29) is 23.0 Å². The van der Waals surface area contributed by atoms with E-state index in [1.54, 1.807) is 33.8 Å². The molecule has 2 aromatic rings. The number of hydrogen-bond donors (Lipinski definition) is 2. The van der Waals surface area contributed by atoms with Gasteiger partial charge in [0.2, 0.25) is 0 Å². The molecule has 0 aliphatic carbocycles. The van der Waals surface area contributed by atoms with Gasteiger partial charge in [-0.1, -0.05) is 12.1 Å². The maximum Gasteiger partial charge on any atom is 0.573 e. The third-order valence-electron chi connectivity index (χ3n) is 3.81. The van der Waals surface area contributed by atoms with E-state index >= 15 is 0 Å². The van der Waals surface area contributed by atoms with Crippen LogP contribution in [0.25, 0.3) is 0 Å². The summed E-state index contributed by atoms with van der Waals surface area (Å²) in [5.41, 5.74) is 1.25. The summed E-state index contributed by atoms with van der Waals surface area (Å²) in [6.07, 6.45) is -4.80. The Labute approximate surface area is 166 Å². The molecule has 0 saturated carbocycles. The molecular weight excluding hydrogens is 387 g/mol. The van der Waals surface area contributed by atoms with E-state index in [4.69, 9.17) is 0 Å². The maximum absolute atomic E-state index is 12.6. The van der Waals surface area contributed by atoms with Crippen LogP contribution in [0.4, 0.5) is 13.2 Å². The normalized spacial score (nSPS) is 12.4. The molecule has 1 aromatic heterocycles. The Bertz CT molecular complexity index is 898. The van der Waals surface area contributed by atoms with Crippen molar-refractivity contribution in [1.82, 2.24) is 15.6 Å². The summed E-state index contributed by atoms with van der Waals surface area (Å²) in [6.45, 7) is 6.90. The minimum Gasteiger partial charge on any atom is -0.406 e. The predicted octanol–water partition coefficient (Wildman–Crippen LogP) is 3.92. The number of aromatic nitrogens is 1. The number of nitrogens with one attached hydrogen (secondary N) is 2. The first-order valence-electron chi connectivity index (χ1n) is 8.90. The first-order valence-corrected chi connectivity index (χ1v) is 8.90. The fourth-order valence-corrected chi connectivity index (χ4v) is 2.60. The number of carbonyl (C=O) groups is 2. The second-order valence-corrected chi connectivity index (χ2v) is 6.83. The standard InChI is InChI=1S/C20H22F3N3O3/c1-11(2)24-19(28)17-10-15(8-12(3)25-17)18(27)26-13(4)14-6-5-7-16(9-14)29-20(21,22)23/h5-11,13H,1-4H3,(H,24,28)(H,26,27). The quantitative estimate of drug-likeness (QED) is 0.758. The number of halogens is 3. The van der Waals surface area contributed by atoms with Crippen LogP contribution < -0.4 is 15.4 Å². The number of benzene rings is 1. The lowest BCUT2D eigenvalue weighted by atomic mass is 10.1. The lowest BCUT2D eigenvalue weighted by molar-refractivity contribution is -0.274. The molecule has 0 bridgehead atoms. The zero-order valence-electron chi connectivity index (χ0n) is 16.4. The van der Waals surface area contributed by atoms with Crippen molar-refractivity contribution >= 4 is 11.8 Å². The van der Waals surface area contributed by atoms with Gasteiger partial charge in [0.15, 0.2) is 0 Å². The van der Waals surface area contributed by atoms with Crippen LogP contribution in [0.3, 0.4) is 0 Å². The van der Waals surface area contributed by atoms with Crippen LogP contribution in [-0.4, -0.2) is 29.2 Å². The zero-order valence-corrected chi connectivity index (χ0v) is 16.4. The molecule has 1 unspecified atom stereocenters. The van der Waals surface area contributed by atoms with Crippen molar-refractivity contribution in [2.24, 2.45) is 0 Å². The SMILES string of the molecule is Cc1cc(C(=O)NC(C)c2cccc(OC(F)(F)F)c2)cc(C(=O)NC(C)C)n1. The van der Waals surface area contributed by atoms with E-state index in [1.165, 1.54) is 30.3 Å². The van der Waals surface area contributed by atoms with E-state index in [2.05, 4.69) is 20.4 Å². The summed E-state index contributed by atoms with van der Waals surface area (Å²) in [6, 6.07) is 7.58. The number of pyridine rings is 1. The summed E-state index contributed by atoms with van der Waals surface area (Å²) in [7, 11) is 0. The van der Waals surface area contributed by atoms with Crippen molar-refractivity contribution in [1.29, 1.82) is 0 Å². The minimum atomic E-state index is -4.80. The fraction of sp³-hybridized carbons (Fsp3) is 0.350. The molecule has 0 radical (unpaired) electrons. The molecule has 29 heavy (non-hydrogen) atoms. The topological polar surface area (TPSA) is 80.3 Å². The second kappa shape index (κ2) is 8.93. The van der Waals surface area contributed by atoms with E-state index < -0.39 is 24.2 Å². The molecule has 0 saturated heterocycles. The highest BCUT2D eigenvalue weighted by Gasteiger charge is 2.31. The van der Waals surface area contributed by atoms with Crippen LogP contribution in [0.5, 0.6) is 5.75 Å². The molecule has 9 heteroatoms. The smallest absolute Gasteiger partial charge is 0.406 e. The van der Waals surface area contributed by atoms with Gasteiger partial charge in [-0.25, -0.2) is 4.98 Å². The van der Waals surface area contributed by atoms with Crippen LogP contribution in [0, 0.1) is 6.92 Å². The average molecular weight is 409 g/mol.